The van der Waals surface area contributed by atoms with Gasteiger partial charge in [-0.05, 0) is 0 Å². The van der Waals surface area contributed by atoms with Gasteiger partial charge in [0.2, 0.25) is 0 Å². The SMILES string of the molecule is CN=C(N)NCCn1cc([N+](=O)[O-])cn1. The van der Waals surface area contributed by atoms with E-state index in [1.807, 2.05) is 0 Å². The lowest BCUT2D eigenvalue weighted by atomic mass is 10.6. The third kappa shape index (κ3) is 3.25. The standard InChI is InChI=1S/C7H12N6O2/c1-9-7(8)10-2-3-12-5-6(4-11-12)13(14)15/h4-5H,2-3H2,1H3,(H3,8,9,10). The molecule has 1 rings (SSSR count). The highest BCUT2D eigenvalue weighted by molar-refractivity contribution is 5.77. The number of nitrogens with one attached hydrogen (secondary N) is 1. The summed E-state index contributed by atoms with van der Waals surface area (Å²) in [4.78, 5) is 13.6. The highest BCUT2D eigenvalue weighted by atomic mass is 16.6. The van der Waals surface area contributed by atoms with Crippen molar-refractivity contribution in [3.63, 3.8) is 0 Å². The summed E-state index contributed by atoms with van der Waals surface area (Å²) in [6, 6.07) is 0. The molecular formula is C7H12N6O2. The molecular weight excluding hydrogens is 200 g/mol. The molecule has 0 saturated carbocycles. The van der Waals surface area contributed by atoms with E-state index in [4.69, 9.17) is 5.73 Å². The Balaban J connectivity index is 2.41. The Kier molecular flexibility index (Phi) is 3.61. The smallest absolute Gasteiger partial charge is 0.306 e. The Bertz CT molecular complexity index is 371. The lowest BCUT2D eigenvalue weighted by Crippen LogP contribution is -2.33. The normalized spacial score (nSPS) is 11.4. The molecule has 0 aliphatic rings. The summed E-state index contributed by atoms with van der Waals surface area (Å²) >= 11 is 0. The molecule has 15 heavy (non-hydrogen) atoms. The highest BCUT2D eigenvalue weighted by Gasteiger charge is 2.07. The molecule has 0 amide bonds. The van der Waals surface area contributed by atoms with Crippen LogP contribution in [0.1, 0.15) is 0 Å². The van der Waals surface area contributed by atoms with Gasteiger partial charge in [-0.1, -0.05) is 0 Å². The van der Waals surface area contributed by atoms with E-state index in [-0.39, 0.29) is 5.69 Å². The summed E-state index contributed by atoms with van der Waals surface area (Å²) in [6.45, 7) is 1.01. The van der Waals surface area contributed by atoms with Crippen LogP contribution in [0.5, 0.6) is 0 Å². The first-order chi connectivity index (χ1) is 7.13. The number of aliphatic imine (C=N–C) groups is 1. The van der Waals surface area contributed by atoms with Crippen molar-refractivity contribution in [3.8, 4) is 0 Å². The number of rotatable bonds is 4. The van der Waals surface area contributed by atoms with Gasteiger partial charge in [0.15, 0.2) is 5.96 Å². The summed E-state index contributed by atoms with van der Waals surface area (Å²) in [7, 11) is 1.57. The molecule has 82 valence electrons. The molecule has 0 unspecified atom stereocenters. The minimum Gasteiger partial charge on any atom is -0.370 e. The molecule has 3 N–H and O–H groups in total. The van der Waals surface area contributed by atoms with Crippen molar-refractivity contribution in [2.75, 3.05) is 13.6 Å². The van der Waals surface area contributed by atoms with Crippen LogP contribution in [0.4, 0.5) is 5.69 Å². The predicted octanol–water partition coefficient (Wildman–Crippen LogP) is -0.675. The zero-order chi connectivity index (χ0) is 11.3. The van der Waals surface area contributed by atoms with Gasteiger partial charge < -0.3 is 11.1 Å². The Morgan fingerprint density at radius 3 is 3.13 bits per heavy atom. The number of nitrogens with two attached hydrogens (primary N) is 1. The van der Waals surface area contributed by atoms with Gasteiger partial charge >= 0.3 is 5.69 Å². The first-order valence-corrected chi connectivity index (χ1v) is 4.26. The number of aromatic nitrogens is 2. The Hall–Kier alpha value is -2.12. The van der Waals surface area contributed by atoms with Crippen molar-refractivity contribution in [1.82, 2.24) is 15.1 Å². The van der Waals surface area contributed by atoms with Gasteiger partial charge in [-0.25, -0.2) is 0 Å². The fourth-order valence-electron chi connectivity index (χ4n) is 0.947. The molecule has 0 saturated heterocycles. The van der Waals surface area contributed by atoms with Gasteiger partial charge in [-0.15, -0.1) is 0 Å². The summed E-state index contributed by atoms with van der Waals surface area (Å²) in [5, 5.41) is 17.0. The van der Waals surface area contributed by atoms with Crippen molar-refractivity contribution >= 4 is 11.6 Å². The van der Waals surface area contributed by atoms with Crippen molar-refractivity contribution < 1.29 is 4.92 Å². The van der Waals surface area contributed by atoms with Crippen LogP contribution in [0, 0.1) is 10.1 Å². The number of hydrogen-bond acceptors (Lipinski definition) is 4. The third-order valence-electron chi connectivity index (χ3n) is 1.72. The Morgan fingerprint density at radius 2 is 2.60 bits per heavy atom. The van der Waals surface area contributed by atoms with Gasteiger partial charge in [0.05, 0.1) is 11.5 Å². The monoisotopic (exact) mass is 212 g/mol. The van der Waals surface area contributed by atoms with Crippen LogP contribution in [-0.2, 0) is 6.54 Å². The van der Waals surface area contributed by atoms with E-state index in [0.717, 1.165) is 0 Å². The molecule has 1 heterocycles. The van der Waals surface area contributed by atoms with Crippen molar-refractivity contribution in [2.45, 2.75) is 6.54 Å². The maximum atomic E-state index is 10.3. The van der Waals surface area contributed by atoms with Crippen molar-refractivity contribution in [3.05, 3.63) is 22.5 Å². The van der Waals surface area contributed by atoms with Gasteiger partial charge in [-0.2, -0.15) is 5.10 Å². The van der Waals surface area contributed by atoms with Crippen LogP contribution in [0.15, 0.2) is 17.4 Å². The van der Waals surface area contributed by atoms with Gasteiger partial charge in [0.25, 0.3) is 0 Å². The van der Waals surface area contributed by atoms with Gasteiger partial charge in [0, 0.05) is 13.6 Å². The molecule has 0 aliphatic heterocycles. The van der Waals surface area contributed by atoms with Gasteiger partial charge in [-0.3, -0.25) is 19.8 Å². The molecule has 1 aromatic rings. The minimum absolute atomic E-state index is 0.0212. The number of nitrogens with zero attached hydrogens (tertiary/aromatic N) is 4. The molecule has 8 nitrogen and oxygen atoms in total. The van der Waals surface area contributed by atoms with Crippen molar-refractivity contribution in [2.24, 2.45) is 10.7 Å². The second-order valence-corrected chi connectivity index (χ2v) is 2.75. The van der Waals surface area contributed by atoms with Crippen LogP contribution in [-0.4, -0.2) is 34.3 Å². The highest BCUT2D eigenvalue weighted by Crippen LogP contribution is 2.06. The zero-order valence-electron chi connectivity index (χ0n) is 8.25. The summed E-state index contributed by atoms with van der Waals surface area (Å²) in [5.41, 5.74) is 5.37. The number of nitro groups is 1. The van der Waals surface area contributed by atoms with Crippen LogP contribution < -0.4 is 11.1 Å². The van der Waals surface area contributed by atoms with E-state index in [1.54, 1.807) is 7.05 Å². The molecule has 1 aromatic heterocycles. The Labute approximate surface area is 85.9 Å². The maximum Gasteiger partial charge on any atom is 0.306 e. The fourth-order valence-corrected chi connectivity index (χ4v) is 0.947. The number of guanidine groups is 1. The average molecular weight is 212 g/mol. The van der Waals surface area contributed by atoms with E-state index in [9.17, 15) is 10.1 Å². The molecule has 0 atom stereocenters. The molecule has 0 aromatic carbocycles. The maximum absolute atomic E-state index is 10.3. The Morgan fingerprint density at radius 1 is 1.87 bits per heavy atom. The van der Waals surface area contributed by atoms with E-state index < -0.39 is 4.92 Å². The topological polar surface area (TPSA) is 111 Å². The average Bonchev–Trinajstić information content (AvgIpc) is 2.66. The third-order valence-corrected chi connectivity index (χ3v) is 1.72. The molecule has 0 spiro atoms. The molecule has 0 bridgehead atoms. The van der Waals surface area contributed by atoms with E-state index >= 15 is 0 Å². The summed E-state index contributed by atoms with van der Waals surface area (Å²) < 4.78 is 1.47. The summed E-state index contributed by atoms with van der Waals surface area (Å²) in [5.74, 6) is 0.330. The largest absolute Gasteiger partial charge is 0.370 e. The molecule has 0 aliphatic carbocycles. The summed E-state index contributed by atoms with van der Waals surface area (Å²) in [6.07, 6.45) is 2.57. The second-order valence-electron chi connectivity index (χ2n) is 2.75. The number of hydrogen-bond donors (Lipinski definition) is 2. The van der Waals surface area contributed by atoms with Gasteiger partial charge in [0.1, 0.15) is 12.4 Å². The first-order valence-electron chi connectivity index (χ1n) is 4.26. The predicted molar refractivity (Wildman–Crippen MR) is 54.4 cm³/mol. The van der Waals surface area contributed by atoms with Crippen LogP contribution in [0.25, 0.3) is 0 Å². The zero-order valence-corrected chi connectivity index (χ0v) is 8.25. The second kappa shape index (κ2) is 4.94. The molecule has 0 radical (unpaired) electrons. The van der Waals surface area contributed by atoms with Crippen molar-refractivity contribution in [1.29, 1.82) is 0 Å². The molecule has 0 fully saturated rings. The van der Waals surface area contributed by atoms with Crippen LogP contribution in [0.3, 0.4) is 0 Å². The van der Waals surface area contributed by atoms with E-state index in [1.165, 1.54) is 17.1 Å². The minimum atomic E-state index is -0.487. The van der Waals surface area contributed by atoms with E-state index in [2.05, 4.69) is 15.4 Å². The lowest BCUT2D eigenvalue weighted by molar-refractivity contribution is -0.385. The van der Waals surface area contributed by atoms with Crippen LogP contribution >= 0.6 is 0 Å². The lowest BCUT2D eigenvalue weighted by Gasteiger charge is -2.03. The fraction of sp³-hybridized carbons (Fsp3) is 0.429. The van der Waals surface area contributed by atoms with Crippen LogP contribution in [0.2, 0.25) is 0 Å². The van der Waals surface area contributed by atoms with E-state index in [0.29, 0.717) is 19.0 Å². The quantitative estimate of drug-likeness (QED) is 0.297. The first kappa shape index (κ1) is 11.0. The molecule has 8 heteroatoms.